The number of carbonyl (C=O) groups is 1. The summed E-state index contributed by atoms with van der Waals surface area (Å²) in [5, 5.41) is 6.73. The number of carbonyl (C=O) groups excluding carboxylic acids is 1. The Bertz CT molecular complexity index is 351. The van der Waals surface area contributed by atoms with Crippen molar-refractivity contribution in [3.63, 3.8) is 0 Å². The number of aryl methyl sites for hydroxylation is 1. The molecule has 0 aliphatic heterocycles. The third-order valence-corrected chi connectivity index (χ3v) is 3.02. The predicted molar refractivity (Wildman–Crippen MR) is 53.1 cm³/mol. The van der Waals surface area contributed by atoms with E-state index < -0.39 is 0 Å². The van der Waals surface area contributed by atoms with Crippen LogP contribution < -0.4 is 11.1 Å². The van der Waals surface area contributed by atoms with Gasteiger partial charge in [-0.3, -0.25) is 4.79 Å². The van der Waals surface area contributed by atoms with Crippen LogP contribution in [0.25, 0.3) is 0 Å². The minimum atomic E-state index is -0.0881. The molecule has 76 valence electrons. The van der Waals surface area contributed by atoms with Gasteiger partial charge in [0.15, 0.2) is 0 Å². The van der Waals surface area contributed by atoms with Crippen LogP contribution in [0.3, 0.4) is 0 Å². The van der Waals surface area contributed by atoms with Gasteiger partial charge in [-0.05, 0) is 24.4 Å². The zero-order valence-corrected chi connectivity index (χ0v) is 8.67. The smallest absolute Gasteiger partial charge is 0.265 e. The van der Waals surface area contributed by atoms with Gasteiger partial charge in [-0.15, -0.1) is 5.10 Å². The molecule has 0 bridgehead atoms. The first-order valence-corrected chi connectivity index (χ1v) is 5.37. The third kappa shape index (κ3) is 1.76. The standard InChI is InChI=1S/C8H12N4OS/c1-2-5-7(14-12-11-5)8(13)10-6-3-4(6)9/h4,6H,2-3,9H2,1H3,(H,10,13). The number of amides is 1. The average molecular weight is 212 g/mol. The highest BCUT2D eigenvalue weighted by Crippen LogP contribution is 2.19. The number of nitrogens with one attached hydrogen (secondary N) is 1. The van der Waals surface area contributed by atoms with Crippen LogP contribution in [0.4, 0.5) is 0 Å². The van der Waals surface area contributed by atoms with Crippen molar-refractivity contribution in [1.82, 2.24) is 14.9 Å². The molecule has 1 amide bonds. The molecular formula is C8H12N4OS. The third-order valence-electron chi connectivity index (χ3n) is 2.25. The number of nitrogens with two attached hydrogens (primary N) is 1. The molecule has 3 N–H and O–H groups in total. The molecule has 0 aromatic carbocycles. The average Bonchev–Trinajstić information content (AvgIpc) is 2.72. The van der Waals surface area contributed by atoms with Gasteiger partial charge >= 0.3 is 0 Å². The van der Waals surface area contributed by atoms with E-state index in [0.29, 0.717) is 4.88 Å². The number of rotatable bonds is 3. The molecule has 1 fully saturated rings. The van der Waals surface area contributed by atoms with Crippen molar-refractivity contribution in [2.75, 3.05) is 0 Å². The molecule has 1 aromatic heterocycles. The Hall–Kier alpha value is -1.01. The van der Waals surface area contributed by atoms with Gasteiger partial charge in [0.2, 0.25) is 0 Å². The van der Waals surface area contributed by atoms with Crippen LogP contribution >= 0.6 is 11.5 Å². The maximum Gasteiger partial charge on any atom is 0.265 e. The Labute approximate surface area is 85.9 Å². The van der Waals surface area contributed by atoms with Gasteiger partial charge in [0.1, 0.15) is 4.88 Å². The van der Waals surface area contributed by atoms with Gasteiger partial charge in [0.05, 0.1) is 5.69 Å². The molecule has 1 aromatic rings. The van der Waals surface area contributed by atoms with Crippen molar-refractivity contribution in [3.05, 3.63) is 10.6 Å². The lowest BCUT2D eigenvalue weighted by atomic mass is 10.3. The molecule has 1 aliphatic rings. The Morgan fingerprint density at radius 1 is 1.79 bits per heavy atom. The highest BCUT2D eigenvalue weighted by Gasteiger charge is 2.35. The topological polar surface area (TPSA) is 80.9 Å². The van der Waals surface area contributed by atoms with Gasteiger partial charge in [-0.1, -0.05) is 11.4 Å². The summed E-state index contributed by atoms with van der Waals surface area (Å²) in [4.78, 5) is 12.3. The Morgan fingerprint density at radius 2 is 2.50 bits per heavy atom. The van der Waals surface area contributed by atoms with E-state index in [4.69, 9.17) is 5.73 Å². The first kappa shape index (κ1) is 9.54. The molecule has 14 heavy (non-hydrogen) atoms. The second-order valence-corrected chi connectivity index (χ2v) is 4.14. The van der Waals surface area contributed by atoms with E-state index in [2.05, 4.69) is 14.9 Å². The number of hydrogen-bond donors (Lipinski definition) is 2. The molecule has 1 aliphatic carbocycles. The SMILES string of the molecule is CCc1nnsc1C(=O)NC1CC1N. The zero-order valence-electron chi connectivity index (χ0n) is 7.86. The summed E-state index contributed by atoms with van der Waals surface area (Å²) in [7, 11) is 0. The summed E-state index contributed by atoms with van der Waals surface area (Å²) >= 11 is 1.14. The fourth-order valence-electron chi connectivity index (χ4n) is 1.23. The molecule has 2 rings (SSSR count). The predicted octanol–water partition coefficient (Wildman–Crippen LogP) is -0.0701. The van der Waals surface area contributed by atoms with E-state index in [-0.39, 0.29) is 18.0 Å². The lowest BCUT2D eigenvalue weighted by molar-refractivity contribution is 0.0953. The number of hydrogen-bond acceptors (Lipinski definition) is 5. The highest BCUT2D eigenvalue weighted by atomic mass is 32.1. The van der Waals surface area contributed by atoms with E-state index in [1.165, 1.54) is 0 Å². The molecule has 1 saturated carbocycles. The van der Waals surface area contributed by atoms with Crippen LogP contribution in [0.1, 0.15) is 28.7 Å². The first-order valence-electron chi connectivity index (χ1n) is 4.60. The minimum Gasteiger partial charge on any atom is -0.347 e. The lowest BCUT2D eigenvalue weighted by Gasteiger charge is -2.01. The van der Waals surface area contributed by atoms with Crippen LogP contribution in [0.2, 0.25) is 0 Å². The van der Waals surface area contributed by atoms with Crippen molar-refractivity contribution >= 4 is 17.4 Å². The zero-order chi connectivity index (χ0) is 10.1. The maximum absolute atomic E-state index is 11.6. The van der Waals surface area contributed by atoms with Crippen molar-refractivity contribution in [2.24, 2.45) is 5.73 Å². The molecule has 0 spiro atoms. The number of aromatic nitrogens is 2. The Morgan fingerprint density at radius 3 is 3.07 bits per heavy atom. The van der Waals surface area contributed by atoms with Crippen molar-refractivity contribution in [3.8, 4) is 0 Å². The molecule has 6 heteroatoms. The number of nitrogens with zero attached hydrogens (tertiary/aromatic N) is 2. The highest BCUT2D eigenvalue weighted by molar-refractivity contribution is 7.08. The molecule has 2 atom stereocenters. The second-order valence-electron chi connectivity index (χ2n) is 3.38. The van der Waals surface area contributed by atoms with Crippen molar-refractivity contribution in [2.45, 2.75) is 31.8 Å². The molecule has 0 radical (unpaired) electrons. The maximum atomic E-state index is 11.6. The van der Waals surface area contributed by atoms with Crippen LogP contribution in [0.15, 0.2) is 0 Å². The van der Waals surface area contributed by atoms with Gasteiger partial charge in [-0.25, -0.2) is 0 Å². The van der Waals surface area contributed by atoms with E-state index in [0.717, 1.165) is 30.1 Å². The van der Waals surface area contributed by atoms with Crippen molar-refractivity contribution < 1.29 is 4.79 Å². The molecule has 0 saturated heterocycles. The second kappa shape index (κ2) is 3.62. The normalized spacial score (nSPS) is 24.7. The Balaban J connectivity index is 2.03. The molecular weight excluding hydrogens is 200 g/mol. The summed E-state index contributed by atoms with van der Waals surface area (Å²) in [6.07, 6.45) is 1.61. The van der Waals surface area contributed by atoms with Gasteiger partial charge in [-0.2, -0.15) is 0 Å². The van der Waals surface area contributed by atoms with Gasteiger partial charge in [0, 0.05) is 12.1 Å². The van der Waals surface area contributed by atoms with Crippen LogP contribution in [0.5, 0.6) is 0 Å². The summed E-state index contributed by atoms with van der Waals surface area (Å²) in [6.45, 7) is 1.95. The van der Waals surface area contributed by atoms with Crippen molar-refractivity contribution in [1.29, 1.82) is 0 Å². The summed E-state index contributed by atoms with van der Waals surface area (Å²) < 4.78 is 3.76. The van der Waals surface area contributed by atoms with Gasteiger partial charge < -0.3 is 11.1 Å². The van der Waals surface area contributed by atoms with Crippen LogP contribution in [-0.4, -0.2) is 27.6 Å². The molecule has 1 heterocycles. The fraction of sp³-hybridized carbons (Fsp3) is 0.625. The van der Waals surface area contributed by atoms with Crippen LogP contribution in [0, 0.1) is 0 Å². The largest absolute Gasteiger partial charge is 0.347 e. The van der Waals surface area contributed by atoms with E-state index in [1.807, 2.05) is 6.92 Å². The first-order chi connectivity index (χ1) is 6.72. The fourth-order valence-corrected chi connectivity index (χ4v) is 1.88. The minimum absolute atomic E-state index is 0.0881. The lowest BCUT2D eigenvalue weighted by Crippen LogP contribution is -2.29. The van der Waals surface area contributed by atoms with E-state index >= 15 is 0 Å². The molecule has 2 unspecified atom stereocenters. The summed E-state index contributed by atoms with van der Waals surface area (Å²) in [6, 6.07) is 0.277. The summed E-state index contributed by atoms with van der Waals surface area (Å²) in [5.74, 6) is -0.0881. The quantitative estimate of drug-likeness (QED) is 0.735. The van der Waals surface area contributed by atoms with Crippen LogP contribution in [-0.2, 0) is 6.42 Å². The van der Waals surface area contributed by atoms with E-state index in [1.54, 1.807) is 0 Å². The van der Waals surface area contributed by atoms with E-state index in [9.17, 15) is 4.79 Å². The monoisotopic (exact) mass is 212 g/mol. The Kier molecular flexibility index (Phi) is 2.47. The summed E-state index contributed by atoms with van der Waals surface area (Å²) in [5.41, 5.74) is 6.36. The van der Waals surface area contributed by atoms with Gasteiger partial charge in [0.25, 0.3) is 5.91 Å². The molecule has 5 nitrogen and oxygen atoms in total.